The van der Waals surface area contributed by atoms with Crippen LogP contribution in [0.2, 0.25) is 0 Å². The lowest BCUT2D eigenvalue weighted by molar-refractivity contribution is -0.887. The van der Waals surface area contributed by atoms with Gasteiger partial charge in [-0.05, 0) is 44.9 Å². The molecule has 2 unspecified atom stereocenters. The van der Waals surface area contributed by atoms with E-state index in [0.29, 0.717) is 19.3 Å². The molecule has 0 saturated carbocycles. The lowest BCUT2D eigenvalue weighted by Gasteiger charge is -2.31. The maximum absolute atomic E-state index is 12.7. The average Bonchev–Trinajstić information content (AvgIpc) is 3.15. The van der Waals surface area contributed by atoms with Crippen LogP contribution in [-0.2, 0) is 28.6 Å². The third-order valence-corrected chi connectivity index (χ3v) is 10.3. The Bertz CT molecular complexity index is 1020. The van der Waals surface area contributed by atoms with Gasteiger partial charge in [0.25, 0.3) is 0 Å². The highest BCUT2D eigenvalue weighted by atomic mass is 16.6. The molecule has 8 heteroatoms. The van der Waals surface area contributed by atoms with Gasteiger partial charge in [0.1, 0.15) is 6.61 Å². The van der Waals surface area contributed by atoms with Gasteiger partial charge in [-0.25, -0.2) is 4.79 Å². The van der Waals surface area contributed by atoms with E-state index in [0.717, 1.165) is 38.5 Å². The van der Waals surface area contributed by atoms with E-state index in [1.165, 1.54) is 122 Å². The highest BCUT2D eigenvalue weighted by Gasteiger charge is 2.31. The molecular weight excluding hydrogens is 703 g/mol. The maximum atomic E-state index is 12.7. The first kappa shape index (κ1) is 53.6. The average molecular weight is 791 g/mol. The fourth-order valence-corrected chi connectivity index (χ4v) is 6.70. The first-order chi connectivity index (χ1) is 27.1. The van der Waals surface area contributed by atoms with Crippen molar-refractivity contribution in [2.45, 2.75) is 212 Å². The Morgan fingerprint density at radius 3 is 1.45 bits per heavy atom. The molecule has 0 aromatic rings. The Balaban J connectivity index is 4.39. The monoisotopic (exact) mass is 791 g/mol. The van der Waals surface area contributed by atoms with Gasteiger partial charge in [-0.2, -0.15) is 0 Å². The summed E-state index contributed by atoms with van der Waals surface area (Å²) >= 11 is 0. The number of carbonyl (C=O) groups is 3. The van der Waals surface area contributed by atoms with Gasteiger partial charge in [0.2, 0.25) is 0 Å². The Morgan fingerprint density at radius 1 is 0.536 bits per heavy atom. The van der Waals surface area contributed by atoms with Crippen molar-refractivity contribution >= 4 is 17.9 Å². The molecule has 8 nitrogen and oxygen atoms in total. The first-order valence-electron chi connectivity index (χ1n) is 23.0. The number of hydrogen-bond acceptors (Lipinski definition) is 6. The molecular formula is C48H88NO7+. The van der Waals surface area contributed by atoms with Crippen LogP contribution in [0.4, 0.5) is 0 Å². The predicted molar refractivity (Wildman–Crippen MR) is 234 cm³/mol. The molecule has 0 saturated heterocycles. The molecule has 0 fully saturated rings. The lowest BCUT2D eigenvalue weighted by Crippen LogP contribution is -2.50. The van der Waals surface area contributed by atoms with E-state index in [9.17, 15) is 19.5 Å². The molecule has 0 aromatic carbocycles. The van der Waals surface area contributed by atoms with Crippen molar-refractivity contribution in [1.29, 1.82) is 0 Å². The van der Waals surface area contributed by atoms with Crippen molar-refractivity contribution < 1.29 is 38.2 Å². The Labute approximate surface area is 344 Å². The Hall–Kier alpha value is -2.45. The zero-order chi connectivity index (χ0) is 41.4. The van der Waals surface area contributed by atoms with Crippen LogP contribution in [-0.4, -0.2) is 80.6 Å². The van der Waals surface area contributed by atoms with Gasteiger partial charge >= 0.3 is 17.9 Å². The Morgan fingerprint density at radius 2 is 0.964 bits per heavy atom. The van der Waals surface area contributed by atoms with Crippen molar-refractivity contribution in [3.05, 3.63) is 36.5 Å². The van der Waals surface area contributed by atoms with E-state index in [-0.39, 0.29) is 42.7 Å². The van der Waals surface area contributed by atoms with Crippen LogP contribution < -0.4 is 0 Å². The summed E-state index contributed by atoms with van der Waals surface area (Å²) in [5.74, 6) is -1.53. The molecule has 2 atom stereocenters. The molecule has 0 amide bonds. The second-order valence-corrected chi connectivity index (χ2v) is 16.7. The molecule has 0 rings (SSSR count). The number of quaternary nitrogens is 1. The number of unbranched alkanes of at least 4 members (excludes halogenated alkanes) is 21. The van der Waals surface area contributed by atoms with Crippen molar-refractivity contribution in [3.63, 3.8) is 0 Å². The summed E-state index contributed by atoms with van der Waals surface area (Å²) in [7, 11) is 5.52. The number of likely N-dealkylation sites (N-methyl/N-ethyl adjacent to an activating group) is 1. The van der Waals surface area contributed by atoms with Gasteiger partial charge in [-0.1, -0.05) is 172 Å². The quantitative estimate of drug-likeness (QED) is 0.0285. The van der Waals surface area contributed by atoms with Crippen LogP contribution in [0, 0.1) is 0 Å². The highest BCUT2D eigenvalue weighted by molar-refractivity contribution is 5.72. The van der Waals surface area contributed by atoms with Crippen LogP contribution in [0.1, 0.15) is 200 Å². The van der Waals surface area contributed by atoms with E-state index in [2.05, 4.69) is 50.3 Å². The minimum atomic E-state index is -0.880. The minimum Gasteiger partial charge on any atom is -0.477 e. The van der Waals surface area contributed by atoms with E-state index < -0.39 is 18.1 Å². The maximum Gasteiger partial charge on any atom is 0.362 e. The molecule has 0 aliphatic carbocycles. The molecule has 326 valence electrons. The van der Waals surface area contributed by atoms with Gasteiger partial charge in [-0.3, -0.25) is 9.59 Å². The van der Waals surface area contributed by atoms with Crippen molar-refractivity contribution in [1.82, 2.24) is 0 Å². The van der Waals surface area contributed by atoms with E-state index in [4.69, 9.17) is 14.2 Å². The number of carboxylic acid groups (broad SMARTS) is 1. The molecule has 0 aliphatic heterocycles. The molecule has 0 heterocycles. The SMILES string of the molecule is CCCCCCCC/C=C/C/C=C/C/C=C/CCCC(=O)OCC(COCCC(C(=O)O)[N+](C)(C)C)OC(=O)CCCCCCCCCCCCCCCCC. The molecule has 0 aromatic heterocycles. The first-order valence-corrected chi connectivity index (χ1v) is 23.0. The van der Waals surface area contributed by atoms with Crippen LogP contribution in [0.3, 0.4) is 0 Å². The smallest absolute Gasteiger partial charge is 0.362 e. The number of ether oxygens (including phenoxy) is 3. The molecule has 0 bridgehead atoms. The summed E-state index contributed by atoms with van der Waals surface area (Å²) in [6, 6.07) is -0.620. The zero-order valence-electron chi connectivity index (χ0n) is 37.1. The van der Waals surface area contributed by atoms with Crippen molar-refractivity contribution in [2.75, 3.05) is 41.0 Å². The third-order valence-electron chi connectivity index (χ3n) is 10.3. The third kappa shape index (κ3) is 37.1. The number of aliphatic carboxylic acids is 1. The van der Waals surface area contributed by atoms with Crippen LogP contribution >= 0.6 is 0 Å². The highest BCUT2D eigenvalue weighted by Crippen LogP contribution is 2.15. The number of rotatable bonds is 41. The normalized spacial score (nSPS) is 13.2. The lowest BCUT2D eigenvalue weighted by atomic mass is 10.0. The molecule has 0 spiro atoms. The van der Waals surface area contributed by atoms with Crippen LogP contribution in [0.5, 0.6) is 0 Å². The zero-order valence-corrected chi connectivity index (χ0v) is 37.1. The molecule has 0 aliphatic rings. The number of allylic oxidation sites excluding steroid dienone is 6. The number of carbonyl (C=O) groups excluding carboxylic acids is 2. The standard InChI is InChI=1S/C48H87NO7/c1-6-8-10-12-14-16-18-20-22-23-25-26-28-30-32-34-36-38-46(50)55-43-44(42-54-41-40-45(48(52)53)49(3,4)5)56-47(51)39-37-35-33-31-29-27-24-21-19-17-15-13-11-9-7-2/h20,22,25-26,30,32,44-45H,6-19,21,23-24,27-29,31,33-43H2,1-5H3/p+1/b22-20+,26-25+,32-30+. The summed E-state index contributed by atoms with van der Waals surface area (Å²) < 4.78 is 17.2. The fraction of sp³-hybridized carbons (Fsp3) is 0.812. The van der Waals surface area contributed by atoms with Gasteiger partial charge in [0.15, 0.2) is 12.1 Å². The summed E-state index contributed by atoms with van der Waals surface area (Å²) in [6.45, 7) is 4.69. The molecule has 0 radical (unpaired) electrons. The number of carboxylic acids is 1. The number of nitrogens with zero attached hydrogens (tertiary/aromatic N) is 1. The van der Waals surface area contributed by atoms with Crippen LogP contribution in [0.15, 0.2) is 36.5 Å². The molecule has 56 heavy (non-hydrogen) atoms. The number of esters is 2. The molecule has 1 N–H and O–H groups in total. The van der Waals surface area contributed by atoms with Crippen molar-refractivity contribution in [2.24, 2.45) is 0 Å². The summed E-state index contributed by atoms with van der Waals surface area (Å²) in [4.78, 5) is 37.0. The van der Waals surface area contributed by atoms with E-state index in [1.807, 2.05) is 21.1 Å². The second kappa shape index (κ2) is 39.4. The topological polar surface area (TPSA) is 99.1 Å². The van der Waals surface area contributed by atoms with Gasteiger partial charge in [-0.15, -0.1) is 0 Å². The van der Waals surface area contributed by atoms with Gasteiger partial charge in [0, 0.05) is 19.3 Å². The van der Waals surface area contributed by atoms with E-state index >= 15 is 0 Å². The number of hydrogen-bond donors (Lipinski definition) is 1. The van der Waals surface area contributed by atoms with E-state index in [1.54, 1.807) is 0 Å². The minimum absolute atomic E-state index is 0.0481. The fourth-order valence-electron chi connectivity index (χ4n) is 6.70. The van der Waals surface area contributed by atoms with Crippen molar-refractivity contribution in [3.8, 4) is 0 Å². The Kier molecular flexibility index (Phi) is 37.7. The van der Waals surface area contributed by atoms with Gasteiger partial charge in [0.05, 0.1) is 34.4 Å². The summed E-state index contributed by atoms with van der Waals surface area (Å²) in [5, 5.41) is 9.62. The summed E-state index contributed by atoms with van der Waals surface area (Å²) in [5.41, 5.74) is 0. The predicted octanol–water partition coefficient (Wildman–Crippen LogP) is 12.6. The second-order valence-electron chi connectivity index (χ2n) is 16.7. The van der Waals surface area contributed by atoms with Crippen LogP contribution in [0.25, 0.3) is 0 Å². The summed E-state index contributed by atoms with van der Waals surface area (Å²) in [6.07, 6.45) is 44.8. The van der Waals surface area contributed by atoms with Gasteiger partial charge < -0.3 is 23.8 Å². The largest absolute Gasteiger partial charge is 0.477 e.